The van der Waals surface area contributed by atoms with Gasteiger partial charge in [-0.25, -0.2) is 0 Å². The average molecular weight is 229 g/mol. The maximum Gasteiger partial charge on any atom is 0.0959 e. The topological polar surface area (TPSA) is 0 Å². The van der Waals surface area contributed by atoms with Crippen molar-refractivity contribution in [2.24, 2.45) is 0 Å². The molecule has 0 bridgehead atoms. The summed E-state index contributed by atoms with van der Waals surface area (Å²) >= 11 is 10.8. The summed E-state index contributed by atoms with van der Waals surface area (Å²) in [4.78, 5) is 0. The second-order valence-corrected chi connectivity index (χ2v) is 9.41. The molecule has 70 valence electrons. The van der Waals surface area contributed by atoms with Gasteiger partial charge in [0, 0.05) is 10.9 Å². The average Bonchev–Trinajstić information content (AvgIpc) is 2.18. The molecule has 0 atom stereocenters. The van der Waals surface area contributed by atoms with E-state index in [-0.39, 0.29) is 0 Å². The van der Waals surface area contributed by atoms with Gasteiger partial charge in [-0.05, 0) is 5.56 Å². The van der Waals surface area contributed by atoms with Gasteiger partial charge < -0.3 is 0 Å². The molecule has 1 rings (SSSR count). The van der Waals surface area contributed by atoms with E-state index in [2.05, 4.69) is 37.4 Å². The first kappa shape index (κ1) is 10.9. The molecule has 0 aliphatic heterocycles. The van der Waals surface area contributed by atoms with Crippen LogP contribution in [0.25, 0.3) is 0 Å². The Morgan fingerprint density at radius 2 is 1.85 bits per heavy atom. The van der Waals surface area contributed by atoms with Crippen molar-refractivity contribution in [2.45, 2.75) is 13.1 Å². The van der Waals surface area contributed by atoms with E-state index in [0.717, 1.165) is 11.1 Å². The molecule has 3 heteroatoms. The van der Waals surface area contributed by atoms with Gasteiger partial charge in [0.1, 0.15) is 0 Å². The Labute approximate surface area is 90.9 Å². The van der Waals surface area contributed by atoms with Crippen molar-refractivity contribution in [3.05, 3.63) is 29.8 Å². The molecule has 0 nitrogen and oxygen atoms in total. The van der Waals surface area contributed by atoms with Crippen molar-refractivity contribution in [1.29, 1.82) is 0 Å². The number of benzene rings is 1. The van der Waals surface area contributed by atoms with Crippen LogP contribution in [0.1, 0.15) is 5.56 Å². The second kappa shape index (κ2) is 4.36. The monoisotopic (exact) mass is 228 g/mol. The summed E-state index contributed by atoms with van der Waals surface area (Å²) in [6, 6.07) is 8.41. The lowest BCUT2D eigenvalue weighted by Crippen LogP contribution is -2.43. The van der Waals surface area contributed by atoms with Crippen LogP contribution in [0.5, 0.6) is 0 Å². The van der Waals surface area contributed by atoms with Crippen molar-refractivity contribution in [2.75, 3.05) is 5.50 Å². The Morgan fingerprint density at radius 1 is 1.31 bits per heavy atom. The summed E-state index contributed by atoms with van der Waals surface area (Å²) < 4.78 is 0. The van der Waals surface area contributed by atoms with Crippen molar-refractivity contribution in [3.63, 3.8) is 0 Å². The lowest BCUT2D eigenvalue weighted by Gasteiger charge is -2.19. The molecule has 0 aromatic heterocycles. The van der Waals surface area contributed by atoms with E-state index in [0.29, 0.717) is 0 Å². The zero-order valence-corrected chi connectivity index (χ0v) is 10.5. The molecular weight excluding hydrogens is 216 g/mol. The van der Waals surface area contributed by atoms with Crippen LogP contribution in [0.4, 0.5) is 0 Å². The van der Waals surface area contributed by atoms with E-state index in [9.17, 15) is 0 Å². The van der Waals surface area contributed by atoms with Gasteiger partial charge in [-0.1, -0.05) is 54.8 Å². The number of alkyl halides is 1. The number of hydrogen-bond acceptors (Lipinski definition) is 1. The van der Waals surface area contributed by atoms with Gasteiger partial charge in [-0.2, -0.15) is 0 Å². The van der Waals surface area contributed by atoms with Gasteiger partial charge in [0.05, 0.1) is 8.07 Å². The standard InChI is InChI=1S/C10H13ClSSi/c1-13(2,8-11)10-5-3-9(7-12)4-6-10/h3-7H,8H2,1-2H3. The van der Waals surface area contributed by atoms with E-state index in [4.69, 9.17) is 23.8 Å². The van der Waals surface area contributed by atoms with Crippen molar-refractivity contribution >= 4 is 42.4 Å². The van der Waals surface area contributed by atoms with Crippen molar-refractivity contribution < 1.29 is 0 Å². The van der Waals surface area contributed by atoms with E-state index >= 15 is 0 Å². The smallest absolute Gasteiger partial charge is 0.0959 e. The highest BCUT2D eigenvalue weighted by Crippen LogP contribution is 2.06. The van der Waals surface area contributed by atoms with Crippen molar-refractivity contribution in [3.8, 4) is 0 Å². The Hall–Kier alpha value is -0.183. The highest BCUT2D eigenvalue weighted by molar-refractivity contribution is 7.79. The van der Waals surface area contributed by atoms with E-state index in [1.165, 1.54) is 5.19 Å². The van der Waals surface area contributed by atoms with Crippen LogP contribution in [-0.2, 0) is 0 Å². The maximum atomic E-state index is 5.93. The predicted molar refractivity (Wildman–Crippen MR) is 67.0 cm³/mol. The molecule has 1 aromatic rings. The molecule has 0 spiro atoms. The molecule has 0 saturated heterocycles. The summed E-state index contributed by atoms with van der Waals surface area (Å²) in [5.74, 6) is 0. The van der Waals surface area contributed by atoms with Gasteiger partial charge >= 0.3 is 0 Å². The molecule has 0 N–H and O–H groups in total. The van der Waals surface area contributed by atoms with Gasteiger partial charge in [0.15, 0.2) is 0 Å². The number of halogens is 1. The summed E-state index contributed by atoms with van der Waals surface area (Å²) in [6.07, 6.45) is 0. The molecule has 0 fully saturated rings. The van der Waals surface area contributed by atoms with Crippen LogP contribution in [0.3, 0.4) is 0 Å². The first-order valence-electron chi connectivity index (χ1n) is 4.22. The van der Waals surface area contributed by atoms with Crippen LogP contribution in [0, 0.1) is 0 Å². The molecule has 0 aliphatic carbocycles. The predicted octanol–water partition coefficient (Wildman–Crippen LogP) is 2.73. The first-order valence-corrected chi connectivity index (χ1v) is 8.43. The van der Waals surface area contributed by atoms with E-state index in [1.807, 2.05) is 0 Å². The molecule has 0 aliphatic rings. The summed E-state index contributed by atoms with van der Waals surface area (Å²) in [7, 11) is -1.37. The molecule has 0 saturated carbocycles. The molecule has 0 radical (unpaired) electrons. The second-order valence-electron chi connectivity index (χ2n) is 3.76. The Bertz CT molecular complexity index is 292. The number of thiocarbonyl (C=S) groups is 1. The minimum absolute atomic E-state index is 0.768. The minimum Gasteiger partial charge on any atom is -0.130 e. The van der Waals surface area contributed by atoms with Crippen LogP contribution < -0.4 is 5.19 Å². The molecule has 0 heterocycles. The maximum absolute atomic E-state index is 5.93. The number of hydrogen-bond donors (Lipinski definition) is 0. The molecule has 0 amide bonds. The minimum atomic E-state index is -1.37. The summed E-state index contributed by atoms with van der Waals surface area (Å²) in [5, 5.41) is 3.09. The Kier molecular flexibility index (Phi) is 3.65. The van der Waals surface area contributed by atoms with Gasteiger partial charge in [0.25, 0.3) is 0 Å². The molecular formula is C10H13ClSSi. The van der Waals surface area contributed by atoms with Crippen LogP contribution >= 0.6 is 23.8 Å². The van der Waals surface area contributed by atoms with Crippen LogP contribution in [-0.4, -0.2) is 18.9 Å². The molecule has 13 heavy (non-hydrogen) atoms. The third-order valence-corrected chi connectivity index (χ3v) is 7.00. The van der Waals surface area contributed by atoms with Crippen LogP contribution in [0.2, 0.25) is 13.1 Å². The first-order chi connectivity index (χ1) is 6.10. The Morgan fingerprint density at radius 3 is 2.23 bits per heavy atom. The third kappa shape index (κ3) is 2.63. The van der Waals surface area contributed by atoms with Crippen molar-refractivity contribution in [1.82, 2.24) is 0 Å². The summed E-state index contributed by atoms with van der Waals surface area (Å²) in [5.41, 5.74) is 1.86. The highest BCUT2D eigenvalue weighted by Gasteiger charge is 2.21. The normalized spacial score (nSPS) is 11.3. The zero-order valence-electron chi connectivity index (χ0n) is 7.88. The summed E-state index contributed by atoms with van der Waals surface area (Å²) in [6.45, 7) is 4.54. The zero-order chi connectivity index (χ0) is 9.90. The molecule has 1 aromatic carbocycles. The third-order valence-electron chi connectivity index (χ3n) is 2.16. The van der Waals surface area contributed by atoms with E-state index < -0.39 is 8.07 Å². The lowest BCUT2D eigenvalue weighted by atomic mass is 10.2. The van der Waals surface area contributed by atoms with Gasteiger partial charge in [-0.15, -0.1) is 11.6 Å². The van der Waals surface area contributed by atoms with Gasteiger partial charge in [0.2, 0.25) is 0 Å². The quantitative estimate of drug-likeness (QED) is 0.436. The SMILES string of the molecule is C[Si](C)(CCl)c1ccc(C=S)cc1. The Balaban J connectivity index is 2.98. The largest absolute Gasteiger partial charge is 0.130 e. The highest BCUT2D eigenvalue weighted by atomic mass is 35.5. The fourth-order valence-electron chi connectivity index (χ4n) is 1.09. The fourth-order valence-corrected chi connectivity index (χ4v) is 2.93. The fraction of sp³-hybridized carbons (Fsp3) is 0.300. The van der Waals surface area contributed by atoms with Gasteiger partial charge in [-0.3, -0.25) is 0 Å². The number of rotatable bonds is 3. The van der Waals surface area contributed by atoms with Crippen LogP contribution in [0.15, 0.2) is 24.3 Å². The lowest BCUT2D eigenvalue weighted by molar-refractivity contribution is 1.65. The van der Waals surface area contributed by atoms with E-state index in [1.54, 1.807) is 5.37 Å². The molecule has 0 unspecified atom stereocenters.